The summed E-state index contributed by atoms with van der Waals surface area (Å²) in [5.74, 6) is 0. The number of pyridine rings is 1. The van der Waals surface area contributed by atoms with Crippen LogP contribution in [-0.2, 0) is 4.74 Å². The standard InChI is InChI=1S/C16H27N3O/c1-5-14(17-6-2)15-8-7-13(11-18-15)19-9-10-20-16(3,4)12-19/h7-8,11,14,17H,5-6,9-10,12H2,1-4H3. The summed E-state index contributed by atoms with van der Waals surface area (Å²) in [6.07, 6.45) is 3.06. The van der Waals surface area contributed by atoms with Crippen molar-refractivity contribution in [3.8, 4) is 0 Å². The zero-order valence-electron chi connectivity index (χ0n) is 13.1. The minimum absolute atomic E-state index is 0.0767. The summed E-state index contributed by atoms with van der Waals surface area (Å²) in [5.41, 5.74) is 2.24. The maximum absolute atomic E-state index is 5.76. The first-order chi connectivity index (χ1) is 9.55. The van der Waals surface area contributed by atoms with Gasteiger partial charge in [0.2, 0.25) is 0 Å². The molecule has 112 valence electrons. The molecule has 1 atom stereocenters. The molecule has 0 aromatic carbocycles. The van der Waals surface area contributed by atoms with Gasteiger partial charge in [0, 0.05) is 19.1 Å². The largest absolute Gasteiger partial charge is 0.372 e. The normalized spacial score (nSPS) is 19.9. The molecule has 1 saturated heterocycles. The third-order valence-electron chi connectivity index (χ3n) is 3.78. The molecule has 20 heavy (non-hydrogen) atoms. The summed E-state index contributed by atoms with van der Waals surface area (Å²) in [7, 11) is 0. The predicted molar refractivity (Wildman–Crippen MR) is 83.2 cm³/mol. The zero-order valence-corrected chi connectivity index (χ0v) is 13.1. The average molecular weight is 277 g/mol. The van der Waals surface area contributed by atoms with Crippen molar-refractivity contribution >= 4 is 5.69 Å². The van der Waals surface area contributed by atoms with E-state index in [-0.39, 0.29) is 5.60 Å². The van der Waals surface area contributed by atoms with Crippen molar-refractivity contribution in [3.05, 3.63) is 24.0 Å². The van der Waals surface area contributed by atoms with Crippen LogP contribution in [-0.4, -0.2) is 36.8 Å². The first kappa shape index (κ1) is 15.3. The van der Waals surface area contributed by atoms with Crippen molar-refractivity contribution in [2.45, 2.75) is 45.8 Å². The zero-order chi connectivity index (χ0) is 14.6. The summed E-state index contributed by atoms with van der Waals surface area (Å²) >= 11 is 0. The summed E-state index contributed by atoms with van der Waals surface area (Å²) in [6.45, 7) is 12.2. The smallest absolute Gasteiger partial charge is 0.0801 e. The quantitative estimate of drug-likeness (QED) is 0.898. The summed E-state index contributed by atoms with van der Waals surface area (Å²) in [4.78, 5) is 7.00. The van der Waals surface area contributed by atoms with E-state index >= 15 is 0 Å². The van der Waals surface area contributed by atoms with Gasteiger partial charge in [-0.3, -0.25) is 4.98 Å². The minimum Gasteiger partial charge on any atom is -0.372 e. The summed E-state index contributed by atoms with van der Waals surface area (Å²) < 4.78 is 5.76. The van der Waals surface area contributed by atoms with Gasteiger partial charge in [0.05, 0.1) is 29.8 Å². The summed E-state index contributed by atoms with van der Waals surface area (Å²) in [5, 5.41) is 3.46. The highest BCUT2D eigenvalue weighted by Crippen LogP contribution is 2.24. The van der Waals surface area contributed by atoms with Crippen LogP contribution in [0.2, 0.25) is 0 Å². The Labute approximate surface area is 122 Å². The van der Waals surface area contributed by atoms with Gasteiger partial charge >= 0.3 is 0 Å². The van der Waals surface area contributed by atoms with Crippen LogP contribution < -0.4 is 10.2 Å². The number of anilines is 1. The van der Waals surface area contributed by atoms with Gasteiger partial charge in [-0.15, -0.1) is 0 Å². The van der Waals surface area contributed by atoms with E-state index in [1.807, 2.05) is 6.20 Å². The number of hydrogen-bond donors (Lipinski definition) is 1. The number of ether oxygens (including phenoxy) is 1. The molecule has 1 aliphatic rings. The van der Waals surface area contributed by atoms with E-state index in [1.54, 1.807) is 0 Å². The van der Waals surface area contributed by atoms with Crippen LogP contribution in [0.4, 0.5) is 5.69 Å². The molecule has 1 N–H and O–H groups in total. The Kier molecular flexibility index (Phi) is 5.00. The third-order valence-corrected chi connectivity index (χ3v) is 3.78. The molecule has 0 spiro atoms. The lowest BCUT2D eigenvalue weighted by atomic mass is 10.1. The molecule has 0 amide bonds. The van der Waals surface area contributed by atoms with Gasteiger partial charge in [-0.05, 0) is 38.9 Å². The average Bonchev–Trinajstić information content (AvgIpc) is 2.44. The van der Waals surface area contributed by atoms with Gasteiger partial charge in [-0.25, -0.2) is 0 Å². The fourth-order valence-corrected chi connectivity index (χ4v) is 2.73. The molecule has 2 heterocycles. The molecule has 1 unspecified atom stereocenters. The van der Waals surface area contributed by atoms with E-state index in [0.29, 0.717) is 6.04 Å². The van der Waals surface area contributed by atoms with Crippen molar-refractivity contribution in [3.63, 3.8) is 0 Å². The lowest BCUT2D eigenvalue weighted by molar-refractivity contribution is -0.0277. The number of nitrogens with zero attached hydrogens (tertiary/aromatic N) is 2. The van der Waals surface area contributed by atoms with Gasteiger partial charge in [-0.1, -0.05) is 13.8 Å². The van der Waals surface area contributed by atoms with E-state index in [2.05, 4.69) is 55.0 Å². The van der Waals surface area contributed by atoms with Crippen molar-refractivity contribution < 1.29 is 4.74 Å². The van der Waals surface area contributed by atoms with Crippen molar-refractivity contribution in [1.29, 1.82) is 0 Å². The molecular formula is C16H27N3O. The van der Waals surface area contributed by atoms with Crippen molar-refractivity contribution in [2.75, 3.05) is 31.1 Å². The van der Waals surface area contributed by atoms with Crippen LogP contribution >= 0.6 is 0 Å². The molecular weight excluding hydrogens is 250 g/mol. The second kappa shape index (κ2) is 6.55. The Morgan fingerprint density at radius 2 is 2.20 bits per heavy atom. The lowest BCUT2D eigenvalue weighted by Crippen LogP contribution is -2.48. The van der Waals surface area contributed by atoms with E-state index in [9.17, 15) is 0 Å². The van der Waals surface area contributed by atoms with Gasteiger partial charge in [-0.2, -0.15) is 0 Å². The van der Waals surface area contributed by atoms with E-state index in [0.717, 1.165) is 38.4 Å². The topological polar surface area (TPSA) is 37.4 Å². The molecule has 4 nitrogen and oxygen atoms in total. The number of hydrogen-bond acceptors (Lipinski definition) is 4. The fraction of sp³-hybridized carbons (Fsp3) is 0.688. The minimum atomic E-state index is -0.0767. The van der Waals surface area contributed by atoms with E-state index in [1.165, 1.54) is 5.69 Å². The van der Waals surface area contributed by atoms with Crippen molar-refractivity contribution in [2.24, 2.45) is 0 Å². The lowest BCUT2D eigenvalue weighted by Gasteiger charge is -2.39. The van der Waals surface area contributed by atoms with Crippen LogP contribution in [0.25, 0.3) is 0 Å². The Balaban J connectivity index is 2.07. The SMILES string of the molecule is CCNC(CC)c1ccc(N2CCOC(C)(C)C2)cn1. The van der Waals surface area contributed by atoms with Crippen molar-refractivity contribution in [1.82, 2.24) is 10.3 Å². The van der Waals surface area contributed by atoms with Gasteiger partial charge < -0.3 is 15.0 Å². The summed E-state index contributed by atoms with van der Waals surface area (Å²) in [6, 6.07) is 4.69. The molecule has 4 heteroatoms. The van der Waals surface area contributed by atoms with Crippen LogP contribution in [0.5, 0.6) is 0 Å². The van der Waals surface area contributed by atoms with E-state index < -0.39 is 0 Å². The van der Waals surface area contributed by atoms with Gasteiger partial charge in [0.1, 0.15) is 0 Å². The highest BCUT2D eigenvalue weighted by molar-refractivity contribution is 5.45. The number of nitrogens with one attached hydrogen (secondary N) is 1. The monoisotopic (exact) mass is 277 g/mol. The first-order valence-electron chi connectivity index (χ1n) is 7.64. The highest BCUT2D eigenvalue weighted by atomic mass is 16.5. The molecule has 2 rings (SSSR count). The Hall–Kier alpha value is -1.13. The maximum atomic E-state index is 5.76. The van der Waals surface area contributed by atoms with Gasteiger partial charge in [0.15, 0.2) is 0 Å². The molecule has 1 fully saturated rings. The molecule has 0 bridgehead atoms. The molecule has 0 radical (unpaired) electrons. The molecule has 0 aliphatic carbocycles. The third kappa shape index (κ3) is 3.70. The molecule has 1 aromatic rings. The number of aromatic nitrogens is 1. The molecule has 1 aliphatic heterocycles. The maximum Gasteiger partial charge on any atom is 0.0801 e. The highest BCUT2D eigenvalue weighted by Gasteiger charge is 2.27. The first-order valence-corrected chi connectivity index (χ1v) is 7.64. The van der Waals surface area contributed by atoms with Gasteiger partial charge in [0.25, 0.3) is 0 Å². The van der Waals surface area contributed by atoms with Crippen LogP contribution in [0.1, 0.15) is 45.9 Å². The Bertz CT molecular complexity index is 416. The molecule has 0 saturated carbocycles. The van der Waals surface area contributed by atoms with Crippen LogP contribution in [0.3, 0.4) is 0 Å². The van der Waals surface area contributed by atoms with E-state index in [4.69, 9.17) is 4.74 Å². The second-order valence-electron chi connectivity index (χ2n) is 5.99. The Morgan fingerprint density at radius 3 is 2.75 bits per heavy atom. The Morgan fingerprint density at radius 1 is 1.40 bits per heavy atom. The molecule has 1 aromatic heterocycles. The van der Waals surface area contributed by atoms with Crippen LogP contribution in [0, 0.1) is 0 Å². The van der Waals surface area contributed by atoms with Crippen LogP contribution in [0.15, 0.2) is 18.3 Å². The predicted octanol–water partition coefficient (Wildman–Crippen LogP) is 2.76. The number of rotatable bonds is 5. The fourth-order valence-electron chi connectivity index (χ4n) is 2.73. The number of morpholine rings is 1. The second-order valence-corrected chi connectivity index (χ2v) is 5.99.